The van der Waals surface area contributed by atoms with Crippen LogP contribution in [-0.4, -0.2) is 16.2 Å². The number of aromatic nitrogens is 2. The molecule has 0 radical (unpaired) electrons. The molecule has 0 aliphatic carbocycles. The molecule has 0 unspecified atom stereocenters. The lowest BCUT2D eigenvalue weighted by molar-refractivity contribution is 1.27. The lowest BCUT2D eigenvalue weighted by atomic mass is 9.86. The van der Waals surface area contributed by atoms with Gasteiger partial charge in [0.2, 0.25) is 0 Å². The SMILES string of the molecule is C/C=C1/C=CN=CC1.C/C=C\C.Cc1cccc(C)c1C.c1ccc2c(-c3ccc(-c4ccc5ccc6c(-c7cccc8ncccc78)ccc7ccc4c5c76)cc3)cncc2c1. The van der Waals surface area contributed by atoms with Crippen LogP contribution in [-0.2, 0) is 0 Å². The maximum atomic E-state index is 4.61. The van der Waals surface area contributed by atoms with Gasteiger partial charge in [-0.2, -0.15) is 0 Å². The zero-order valence-corrected chi connectivity index (χ0v) is 37.1. The molecule has 0 bridgehead atoms. The molecule has 0 fully saturated rings. The molecule has 0 saturated carbocycles. The number of aliphatic imine (C=N–C) groups is 1. The van der Waals surface area contributed by atoms with Gasteiger partial charge in [-0.1, -0.05) is 152 Å². The maximum absolute atomic E-state index is 4.61. The molecule has 0 amide bonds. The molecule has 3 nitrogen and oxygen atoms in total. The zero-order chi connectivity index (χ0) is 43.7. The second-order valence-corrected chi connectivity index (χ2v) is 15.9. The van der Waals surface area contributed by atoms with E-state index in [-0.39, 0.29) is 0 Å². The van der Waals surface area contributed by atoms with Crippen molar-refractivity contribution in [3.05, 3.63) is 217 Å². The normalized spacial score (nSPS) is 12.7. The van der Waals surface area contributed by atoms with Crippen LogP contribution in [0.2, 0.25) is 0 Å². The summed E-state index contributed by atoms with van der Waals surface area (Å²) in [6, 6.07) is 52.6. The predicted molar refractivity (Wildman–Crippen MR) is 274 cm³/mol. The van der Waals surface area contributed by atoms with E-state index >= 15 is 0 Å². The zero-order valence-electron chi connectivity index (χ0n) is 37.1. The number of benzene rings is 8. The molecule has 11 rings (SSSR count). The van der Waals surface area contributed by atoms with E-state index < -0.39 is 0 Å². The minimum atomic E-state index is 0.993. The van der Waals surface area contributed by atoms with Crippen LogP contribution < -0.4 is 0 Å². The molecule has 3 heterocycles. The van der Waals surface area contributed by atoms with Crippen LogP contribution in [0.3, 0.4) is 0 Å². The van der Waals surface area contributed by atoms with Crippen molar-refractivity contribution in [2.45, 2.75) is 48.0 Å². The average molecular weight is 816 g/mol. The van der Waals surface area contributed by atoms with Gasteiger partial charge in [0.05, 0.1) is 5.52 Å². The van der Waals surface area contributed by atoms with E-state index in [0.717, 1.165) is 22.9 Å². The number of nitrogens with zero attached hydrogens (tertiary/aromatic N) is 3. The van der Waals surface area contributed by atoms with Crippen molar-refractivity contribution in [2.75, 3.05) is 0 Å². The van der Waals surface area contributed by atoms with E-state index in [2.05, 4.69) is 181 Å². The molecule has 0 spiro atoms. The van der Waals surface area contributed by atoms with Crippen LogP contribution >= 0.6 is 0 Å². The Labute approximate surface area is 371 Å². The van der Waals surface area contributed by atoms with Crippen molar-refractivity contribution >= 4 is 60.2 Å². The van der Waals surface area contributed by atoms with E-state index in [1.54, 1.807) is 0 Å². The number of fused-ring (bicyclic) bond motifs is 2. The van der Waals surface area contributed by atoms with Crippen LogP contribution in [0.1, 0.15) is 43.9 Å². The third kappa shape index (κ3) is 8.96. The van der Waals surface area contributed by atoms with Crippen LogP contribution in [0.5, 0.6) is 0 Å². The summed E-state index contributed by atoms with van der Waals surface area (Å²) < 4.78 is 0. The molecule has 2 aromatic heterocycles. The second kappa shape index (κ2) is 19.5. The summed E-state index contributed by atoms with van der Waals surface area (Å²) >= 11 is 0. The molecular formula is C60H53N3. The van der Waals surface area contributed by atoms with Crippen LogP contribution in [0.25, 0.3) is 87.4 Å². The van der Waals surface area contributed by atoms with Crippen LogP contribution in [0.15, 0.2) is 205 Å². The summed E-state index contributed by atoms with van der Waals surface area (Å²) in [5.41, 5.74) is 13.8. The highest BCUT2D eigenvalue weighted by Gasteiger charge is 2.16. The maximum Gasteiger partial charge on any atom is 0.0708 e. The van der Waals surface area contributed by atoms with Crippen molar-refractivity contribution in [1.82, 2.24) is 9.97 Å². The first-order valence-corrected chi connectivity index (χ1v) is 21.8. The number of hydrogen-bond donors (Lipinski definition) is 0. The van der Waals surface area contributed by atoms with Crippen LogP contribution in [0, 0.1) is 20.8 Å². The Morgan fingerprint density at radius 1 is 0.476 bits per heavy atom. The Bertz CT molecular complexity index is 3280. The summed E-state index contributed by atoms with van der Waals surface area (Å²) in [7, 11) is 0. The third-order valence-corrected chi connectivity index (χ3v) is 12.2. The smallest absolute Gasteiger partial charge is 0.0708 e. The summed E-state index contributed by atoms with van der Waals surface area (Å²) in [6.45, 7) is 12.5. The first-order chi connectivity index (χ1) is 30.9. The number of rotatable bonds is 3. The number of allylic oxidation sites excluding steroid dienone is 5. The van der Waals surface area contributed by atoms with Gasteiger partial charge in [0.25, 0.3) is 0 Å². The number of pyridine rings is 2. The summed E-state index contributed by atoms with van der Waals surface area (Å²) in [4.78, 5) is 13.0. The Morgan fingerprint density at radius 2 is 1.08 bits per heavy atom. The molecule has 63 heavy (non-hydrogen) atoms. The van der Waals surface area contributed by atoms with Gasteiger partial charge in [-0.15, -0.1) is 0 Å². The molecule has 0 atom stereocenters. The molecule has 1 aliphatic heterocycles. The fraction of sp³-hybridized carbons (Fsp3) is 0.117. The monoisotopic (exact) mass is 815 g/mol. The van der Waals surface area contributed by atoms with Gasteiger partial charge in [-0.3, -0.25) is 15.0 Å². The lowest BCUT2D eigenvalue weighted by Crippen LogP contribution is -1.90. The Hall–Kier alpha value is -7.49. The first kappa shape index (κ1) is 42.2. The summed E-state index contributed by atoms with van der Waals surface area (Å²) in [5.74, 6) is 0. The molecular weight excluding hydrogens is 763 g/mol. The molecule has 1 aliphatic rings. The van der Waals surface area contributed by atoms with Gasteiger partial charge in [-0.25, -0.2) is 0 Å². The standard InChI is InChI=1S/C40H24N2.C9H12.C7H9N.C4H8/c1-2-6-30-29(5-1)23-41-24-37(30)26-12-10-25(11-13-26)31-18-14-27-17-21-36-33(19-15-28-16-20-35(31)39(27)40(28)36)32-7-3-9-38-34(32)8-4-22-42-38;1-7-5-4-6-8(2)9(7)3;1-2-7-3-5-8-6-4-7;1-3-4-2/h1-24H;4-6H,1-3H3;2-3,5-6H,4H2,1H3;3-4H,1-2H3/b;;7-2-;4-3-. The predicted octanol–water partition coefficient (Wildman–Crippen LogP) is 16.8. The topological polar surface area (TPSA) is 38.1 Å². The minimum absolute atomic E-state index is 0.993. The van der Waals surface area contributed by atoms with Gasteiger partial charge in [0.15, 0.2) is 0 Å². The van der Waals surface area contributed by atoms with Gasteiger partial charge < -0.3 is 0 Å². The van der Waals surface area contributed by atoms with Crippen LogP contribution in [0.4, 0.5) is 0 Å². The Balaban J connectivity index is 0.000000213. The van der Waals surface area contributed by atoms with Crippen molar-refractivity contribution in [1.29, 1.82) is 0 Å². The second-order valence-electron chi connectivity index (χ2n) is 15.9. The van der Waals surface area contributed by atoms with E-state index in [9.17, 15) is 0 Å². The Morgan fingerprint density at radius 3 is 1.71 bits per heavy atom. The van der Waals surface area contributed by atoms with E-state index in [4.69, 9.17) is 0 Å². The van der Waals surface area contributed by atoms with Gasteiger partial charge in [-0.05, 0) is 148 Å². The lowest BCUT2D eigenvalue weighted by Gasteiger charge is -2.17. The Kier molecular flexibility index (Phi) is 13.1. The minimum Gasteiger partial charge on any atom is -0.269 e. The molecule has 0 saturated heterocycles. The van der Waals surface area contributed by atoms with Gasteiger partial charge >= 0.3 is 0 Å². The molecule has 0 N–H and O–H groups in total. The highest BCUT2D eigenvalue weighted by molar-refractivity contribution is 6.28. The molecule has 3 heteroatoms. The van der Waals surface area contributed by atoms with Gasteiger partial charge in [0.1, 0.15) is 0 Å². The summed E-state index contributed by atoms with van der Waals surface area (Å²) in [6.07, 6.45) is 18.6. The fourth-order valence-electron chi connectivity index (χ4n) is 8.34. The number of hydrogen-bond acceptors (Lipinski definition) is 3. The largest absolute Gasteiger partial charge is 0.269 e. The fourth-order valence-corrected chi connectivity index (χ4v) is 8.34. The third-order valence-electron chi connectivity index (χ3n) is 12.2. The molecule has 10 aromatic rings. The molecule has 8 aromatic carbocycles. The molecule has 308 valence electrons. The first-order valence-electron chi connectivity index (χ1n) is 21.8. The summed E-state index contributed by atoms with van der Waals surface area (Å²) in [5, 5.41) is 11.3. The van der Waals surface area contributed by atoms with Crippen molar-refractivity contribution in [3.63, 3.8) is 0 Å². The van der Waals surface area contributed by atoms with Gasteiger partial charge in [0, 0.05) is 53.8 Å². The van der Waals surface area contributed by atoms with E-state index in [0.29, 0.717) is 0 Å². The average Bonchev–Trinajstić information content (AvgIpc) is 3.35. The highest BCUT2D eigenvalue weighted by atomic mass is 14.7. The van der Waals surface area contributed by atoms with Crippen molar-refractivity contribution in [3.8, 4) is 33.4 Å². The van der Waals surface area contributed by atoms with E-state index in [1.807, 2.05) is 76.1 Å². The van der Waals surface area contributed by atoms with Crippen molar-refractivity contribution < 1.29 is 0 Å². The quantitative estimate of drug-likeness (QED) is 0.132. The van der Waals surface area contributed by atoms with Crippen molar-refractivity contribution in [2.24, 2.45) is 4.99 Å². The number of aryl methyl sites for hydroxylation is 2. The van der Waals surface area contributed by atoms with E-state index in [1.165, 1.54) is 93.2 Å². The highest BCUT2D eigenvalue weighted by Crippen LogP contribution is 2.43.